The number of hydrogen-bond donors (Lipinski definition) is 1. The normalized spacial score (nSPS) is 23.0. The number of aliphatic carboxylic acids is 1. The van der Waals surface area contributed by atoms with E-state index in [4.69, 9.17) is 9.47 Å². The molecule has 2 heterocycles. The summed E-state index contributed by atoms with van der Waals surface area (Å²) in [5.41, 5.74) is 3.88. The molecule has 5 rings (SSSR count). The first-order chi connectivity index (χ1) is 16.6. The van der Waals surface area contributed by atoms with Gasteiger partial charge in [-0.05, 0) is 43.0 Å². The largest absolute Gasteiger partial charge is 0.480 e. The maximum atomic E-state index is 13.0. The first kappa shape index (κ1) is 23.2. The predicted octanol–water partition coefficient (Wildman–Crippen LogP) is 4.19. The molecule has 1 N–H and O–H groups in total. The maximum absolute atomic E-state index is 13.0. The molecule has 8 nitrogen and oxygen atoms in total. The number of amides is 2. The standard InChI is InChI=1S/C27H30N2O6/c1-27(2,3)35-26(33)29-13-16-12-28(14-21(16)23(29)24(30)31)25(32)34-15-22-19-10-6-4-8-17(19)18-9-5-7-11-20(18)22/h4-11,16,21-23H,12-15H2,1-3H3,(H,30,31)/t16-,21-,23-/m0/s1. The minimum atomic E-state index is -1.09. The third-order valence-electron chi connectivity index (χ3n) is 7.14. The van der Waals surface area contributed by atoms with Gasteiger partial charge in [0.25, 0.3) is 0 Å². The number of carboxylic acids is 1. The number of nitrogens with zero attached hydrogens (tertiary/aromatic N) is 2. The van der Waals surface area contributed by atoms with E-state index in [9.17, 15) is 19.5 Å². The Morgan fingerprint density at radius 2 is 1.51 bits per heavy atom. The molecule has 8 heteroatoms. The van der Waals surface area contributed by atoms with E-state index in [2.05, 4.69) is 24.3 Å². The Labute approximate surface area is 204 Å². The highest BCUT2D eigenvalue weighted by molar-refractivity contribution is 5.82. The van der Waals surface area contributed by atoms with Crippen molar-refractivity contribution in [2.24, 2.45) is 11.8 Å². The molecule has 3 atom stereocenters. The molecular weight excluding hydrogens is 448 g/mol. The lowest BCUT2D eigenvalue weighted by Crippen LogP contribution is -2.47. The van der Waals surface area contributed by atoms with E-state index < -0.39 is 29.8 Å². The third kappa shape index (κ3) is 4.22. The summed E-state index contributed by atoms with van der Waals surface area (Å²) in [5.74, 6) is -1.62. The van der Waals surface area contributed by atoms with Crippen molar-refractivity contribution in [3.63, 3.8) is 0 Å². The number of carbonyl (C=O) groups is 3. The van der Waals surface area contributed by atoms with Gasteiger partial charge in [0.1, 0.15) is 18.2 Å². The molecule has 0 radical (unpaired) electrons. The Morgan fingerprint density at radius 1 is 0.914 bits per heavy atom. The van der Waals surface area contributed by atoms with Crippen molar-refractivity contribution >= 4 is 18.2 Å². The second-order valence-electron chi connectivity index (χ2n) is 10.5. The van der Waals surface area contributed by atoms with Gasteiger partial charge in [-0.15, -0.1) is 0 Å². The summed E-state index contributed by atoms with van der Waals surface area (Å²) in [6.45, 7) is 6.28. The number of benzene rings is 2. The molecule has 0 aromatic heterocycles. The first-order valence-corrected chi connectivity index (χ1v) is 12.0. The van der Waals surface area contributed by atoms with Gasteiger partial charge in [0.05, 0.1) is 0 Å². The van der Waals surface area contributed by atoms with Crippen molar-refractivity contribution in [3.8, 4) is 11.1 Å². The van der Waals surface area contributed by atoms with Gasteiger partial charge in [-0.3, -0.25) is 4.90 Å². The van der Waals surface area contributed by atoms with Crippen LogP contribution in [-0.2, 0) is 14.3 Å². The number of likely N-dealkylation sites (tertiary alicyclic amines) is 2. The summed E-state index contributed by atoms with van der Waals surface area (Å²) in [7, 11) is 0. The van der Waals surface area contributed by atoms with Gasteiger partial charge < -0.3 is 19.5 Å². The number of hydrogen-bond acceptors (Lipinski definition) is 5. The van der Waals surface area contributed by atoms with Gasteiger partial charge >= 0.3 is 18.2 Å². The smallest absolute Gasteiger partial charge is 0.411 e. The number of ether oxygens (including phenoxy) is 2. The number of fused-ring (bicyclic) bond motifs is 4. The lowest BCUT2D eigenvalue weighted by molar-refractivity contribution is -0.143. The molecule has 2 amide bonds. The van der Waals surface area contributed by atoms with Crippen LogP contribution in [0.4, 0.5) is 9.59 Å². The fourth-order valence-electron chi connectivity index (χ4n) is 5.70. The molecule has 35 heavy (non-hydrogen) atoms. The van der Waals surface area contributed by atoms with Crippen molar-refractivity contribution in [2.75, 3.05) is 26.2 Å². The monoisotopic (exact) mass is 478 g/mol. The van der Waals surface area contributed by atoms with E-state index in [0.717, 1.165) is 22.3 Å². The Hall–Kier alpha value is -3.55. The first-order valence-electron chi connectivity index (χ1n) is 12.0. The molecule has 2 aromatic carbocycles. The molecule has 2 aromatic rings. The van der Waals surface area contributed by atoms with Gasteiger partial charge in [0.15, 0.2) is 0 Å². The van der Waals surface area contributed by atoms with E-state index >= 15 is 0 Å². The van der Waals surface area contributed by atoms with Crippen molar-refractivity contribution in [3.05, 3.63) is 59.7 Å². The zero-order chi connectivity index (χ0) is 24.9. The topological polar surface area (TPSA) is 96.4 Å². The fraction of sp³-hybridized carbons (Fsp3) is 0.444. The Bertz CT molecular complexity index is 1130. The average Bonchev–Trinajstić information content (AvgIpc) is 3.45. The molecule has 3 aliphatic rings. The number of rotatable bonds is 3. The lowest BCUT2D eigenvalue weighted by atomic mass is 9.94. The van der Waals surface area contributed by atoms with E-state index in [1.807, 2.05) is 24.3 Å². The minimum Gasteiger partial charge on any atom is -0.480 e. The molecule has 0 saturated carbocycles. The quantitative estimate of drug-likeness (QED) is 0.711. The van der Waals surface area contributed by atoms with Crippen LogP contribution in [0.25, 0.3) is 11.1 Å². The molecular formula is C27H30N2O6. The van der Waals surface area contributed by atoms with E-state index in [1.54, 1.807) is 25.7 Å². The molecule has 0 bridgehead atoms. The van der Waals surface area contributed by atoms with Crippen LogP contribution >= 0.6 is 0 Å². The second kappa shape index (κ2) is 8.59. The van der Waals surface area contributed by atoms with Crippen molar-refractivity contribution in [1.82, 2.24) is 9.80 Å². The summed E-state index contributed by atoms with van der Waals surface area (Å²) in [5, 5.41) is 9.85. The molecule has 184 valence electrons. The van der Waals surface area contributed by atoms with Crippen molar-refractivity contribution in [2.45, 2.75) is 38.3 Å². The summed E-state index contributed by atoms with van der Waals surface area (Å²) in [6, 6.07) is 15.3. The van der Waals surface area contributed by atoms with Crippen LogP contribution in [0.2, 0.25) is 0 Å². The van der Waals surface area contributed by atoms with E-state index in [-0.39, 0.29) is 37.5 Å². The van der Waals surface area contributed by atoms with Crippen LogP contribution in [-0.4, -0.2) is 70.9 Å². The van der Waals surface area contributed by atoms with Crippen LogP contribution in [0.3, 0.4) is 0 Å². The zero-order valence-corrected chi connectivity index (χ0v) is 20.1. The predicted molar refractivity (Wildman–Crippen MR) is 128 cm³/mol. The molecule has 1 aliphatic carbocycles. The summed E-state index contributed by atoms with van der Waals surface area (Å²) < 4.78 is 11.2. The van der Waals surface area contributed by atoms with E-state index in [0.29, 0.717) is 6.54 Å². The Kier molecular flexibility index (Phi) is 5.69. The highest BCUT2D eigenvalue weighted by Crippen LogP contribution is 2.45. The van der Waals surface area contributed by atoms with Gasteiger partial charge in [-0.2, -0.15) is 0 Å². The van der Waals surface area contributed by atoms with Crippen molar-refractivity contribution < 1.29 is 29.0 Å². The number of carboxylic acid groups (broad SMARTS) is 1. The van der Waals surface area contributed by atoms with Gasteiger partial charge in [0.2, 0.25) is 0 Å². The lowest BCUT2D eigenvalue weighted by Gasteiger charge is -2.29. The van der Waals surface area contributed by atoms with Crippen LogP contribution in [0.1, 0.15) is 37.8 Å². The van der Waals surface area contributed by atoms with E-state index in [1.165, 1.54) is 4.90 Å². The summed E-state index contributed by atoms with van der Waals surface area (Å²) in [4.78, 5) is 40.5. The van der Waals surface area contributed by atoms with Gasteiger partial charge in [-0.1, -0.05) is 48.5 Å². The van der Waals surface area contributed by atoms with Gasteiger partial charge in [-0.25, -0.2) is 14.4 Å². The Balaban J connectivity index is 1.25. The van der Waals surface area contributed by atoms with Crippen molar-refractivity contribution in [1.29, 1.82) is 0 Å². The fourth-order valence-corrected chi connectivity index (χ4v) is 5.70. The molecule has 0 unspecified atom stereocenters. The number of carbonyl (C=O) groups excluding carboxylic acids is 2. The van der Waals surface area contributed by atoms with Crippen LogP contribution < -0.4 is 0 Å². The van der Waals surface area contributed by atoms with Crippen LogP contribution in [0, 0.1) is 11.8 Å². The highest BCUT2D eigenvalue weighted by Gasteiger charge is 2.54. The van der Waals surface area contributed by atoms with Crippen LogP contribution in [0.5, 0.6) is 0 Å². The molecule has 2 fully saturated rings. The Morgan fingerprint density at radius 3 is 2.09 bits per heavy atom. The molecule has 0 spiro atoms. The highest BCUT2D eigenvalue weighted by atomic mass is 16.6. The third-order valence-corrected chi connectivity index (χ3v) is 7.14. The SMILES string of the molecule is CC(C)(C)OC(=O)N1C[C@@H]2CN(C(=O)OCC3c4ccccc4-c4ccccc43)C[C@@H]2[C@H]1C(=O)O. The summed E-state index contributed by atoms with van der Waals surface area (Å²) in [6.07, 6.45) is -1.08. The second-order valence-corrected chi connectivity index (χ2v) is 10.5. The zero-order valence-electron chi connectivity index (χ0n) is 20.1. The molecule has 2 saturated heterocycles. The summed E-state index contributed by atoms with van der Waals surface area (Å²) >= 11 is 0. The van der Waals surface area contributed by atoms with Crippen LogP contribution in [0.15, 0.2) is 48.5 Å². The molecule has 2 aliphatic heterocycles. The van der Waals surface area contributed by atoms with Gasteiger partial charge in [0, 0.05) is 37.4 Å². The average molecular weight is 479 g/mol. The maximum Gasteiger partial charge on any atom is 0.411 e. The minimum absolute atomic E-state index is 0.0390.